The molecule has 0 saturated heterocycles. The lowest BCUT2D eigenvalue weighted by Crippen LogP contribution is -2.24. The molecule has 0 heterocycles. The maximum atomic E-state index is 12.9. The summed E-state index contributed by atoms with van der Waals surface area (Å²) >= 11 is 0. The Morgan fingerprint density at radius 3 is 2.56 bits per heavy atom. The van der Waals surface area contributed by atoms with Crippen molar-refractivity contribution < 1.29 is 27.8 Å². The van der Waals surface area contributed by atoms with Crippen molar-refractivity contribution in [3.63, 3.8) is 0 Å². The van der Waals surface area contributed by atoms with E-state index in [2.05, 4.69) is 5.32 Å². The first-order chi connectivity index (χ1) is 11.9. The molecule has 0 unspecified atom stereocenters. The second-order valence-electron chi connectivity index (χ2n) is 5.11. The van der Waals surface area contributed by atoms with Gasteiger partial charge in [0, 0.05) is 6.54 Å². The third-order valence-corrected chi connectivity index (χ3v) is 3.22. The highest BCUT2D eigenvalue weighted by atomic mass is 19.4. The van der Waals surface area contributed by atoms with Gasteiger partial charge in [-0.25, -0.2) is 4.79 Å². The lowest BCUT2D eigenvalue weighted by atomic mass is 10.1. The first-order valence-corrected chi connectivity index (χ1v) is 7.37. The number of benzene rings is 2. The fraction of sp³-hybridized carbons (Fsp3) is 0.167. The average Bonchev–Trinajstić information content (AvgIpc) is 2.58. The Morgan fingerprint density at radius 1 is 1.16 bits per heavy atom. The Labute approximate surface area is 142 Å². The van der Waals surface area contributed by atoms with Gasteiger partial charge in [-0.15, -0.1) is 0 Å². The van der Waals surface area contributed by atoms with Crippen LogP contribution in [-0.4, -0.2) is 17.7 Å². The van der Waals surface area contributed by atoms with E-state index in [9.17, 15) is 23.1 Å². The lowest BCUT2D eigenvalue weighted by molar-refractivity contribution is -0.137. The van der Waals surface area contributed by atoms with Gasteiger partial charge in [0.2, 0.25) is 0 Å². The van der Waals surface area contributed by atoms with Crippen LogP contribution in [0.1, 0.15) is 16.7 Å². The summed E-state index contributed by atoms with van der Waals surface area (Å²) in [5.74, 6) is -0.466. The van der Waals surface area contributed by atoms with Crippen molar-refractivity contribution in [3.05, 3.63) is 71.3 Å². The number of halogens is 3. The van der Waals surface area contributed by atoms with Gasteiger partial charge in [0.15, 0.2) is 0 Å². The number of alkyl carbamates (subject to hydrolysis) is 1. The van der Waals surface area contributed by atoms with Gasteiger partial charge in [0.05, 0.1) is 5.56 Å². The molecule has 0 aromatic heterocycles. The zero-order valence-corrected chi connectivity index (χ0v) is 13.1. The van der Waals surface area contributed by atoms with Gasteiger partial charge in [0.1, 0.15) is 12.4 Å². The number of hydrogen-bond donors (Lipinski definition) is 2. The molecule has 0 aliphatic rings. The van der Waals surface area contributed by atoms with Crippen LogP contribution in [-0.2, 0) is 17.5 Å². The molecule has 25 heavy (non-hydrogen) atoms. The molecule has 0 aliphatic heterocycles. The number of carbonyl (C=O) groups excluding carboxylic acids is 1. The van der Waals surface area contributed by atoms with E-state index in [0.717, 1.165) is 17.7 Å². The van der Waals surface area contributed by atoms with Gasteiger partial charge < -0.3 is 15.2 Å². The van der Waals surface area contributed by atoms with Crippen LogP contribution in [0, 0.1) is 0 Å². The van der Waals surface area contributed by atoms with Crippen LogP contribution in [0.25, 0.3) is 6.08 Å². The molecule has 0 aliphatic carbocycles. The number of ether oxygens (including phenoxy) is 1. The normalized spacial score (nSPS) is 11.5. The van der Waals surface area contributed by atoms with Gasteiger partial charge in [0.25, 0.3) is 0 Å². The molecule has 0 atom stereocenters. The summed E-state index contributed by atoms with van der Waals surface area (Å²) in [6.07, 6.45) is -2.67. The van der Waals surface area contributed by atoms with Crippen molar-refractivity contribution >= 4 is 12.2 Å². The highest BCUT2D eigenvalue weighted by Crippen LogP contribution is 2.34. The second kappa shape index (κ2) is 8.23. The fourth-order valence-corrected chi connectivity index (χ4v) is 2.04. The molecule has 2 aromatic rings. The summed E-state index contributed by atoms with van der Waals surface area (Å²) in [5.41, 5.74) is -0.229. The number of carbonyl (C=O) groups is 1. The SMILES string of the molecule is O=C(NCC=Cc1ccc(O)cc1C(F)(F)F)OCc1ccccc1. The van der Waals surface area contributed by atoms with Crippen LogP contribution < -0.4 is 5.32 Å². The summed E-state index contributed by atoms with van der Waals surface area (Å²) in [6, 6.07) is 12.0. The van der Waals surface area contributed by atoms with Gasteiger partial charge in [-0.3, -0.25) is 0 Å². The molecular formula is C18H16F3NO3. The topological polar surface area (TPSA) is 58.6 Å². The molecule has 7 heteroatoms. The van der Waals surface area contributed by atoms with Crippen molar-refractivity contribution in [2.45, 2.75) is 12.8 Å². The summed E-state index contributed by atoms with van der Waals surface area (Å²) in [6.45, 7) is 0.109. The molecule has 2 rings (SSSR count). The number of hydrogen-bond acceptors (Lipinski definition) is 3. The van der Waals surface area contributed by atoms with Crippen LogP contribution in [0.3, 0.4) is 0 Å². The first-order valence-electron chi connectivity index (χ1n) is 7.37. The second-order valence-corrected chi connectivity index (χ2v) is 5.11. The van der Waals surface area contributed by atoms with Gasteiger partial charge >= 0.3 is 12.3 Å². The smallest absolute Gasteiger partial charge is 0.417 e. The van der Waals surface area contributed by atoms with Gasteiger partial charge in [-0.1, -0.05) is 48.6 Å². The summed E-state index contributed by atoms with van der Waals surface area (Å²) < 4.78 is 43.7. The minimum atomic E-state index is -4.58. The third-order valence-electron chi connectivity index (χ3n) is 3.22. The Bertz CT molecular complexity index is 743. The zero-order chi connectivity index (χ0) is 18.3. The summed E-state index contributed by atoms with van der Waals surface area (Å²) in [5, 5.41) is 11.6. The molecule has 0 radical (unpaired) electrons. The molecular weight excluding hydrogens is 335 g/mol. The number of amides is 1. The van der Waals surface area contributed by atoms with E-state index in [1.54, 1.807) is 12.1 Å². The molecule has 132 valence electrons. The molecule has 0 fully saturated rings. The van der Waals surface area contributed by atoms with Crippen LogP contribution in [0.15, 0.2) is 54.6 Å². The molecule has 1 amide bonds. The Hall–Kier alpha value is -2.96. The summed E-state index contributed by atoms with van der Waals surface area (Å²) in [4.78, 5) is 11.5. The fourth-order valence-electron chi connectivity index (χ4n) is 2.04. The number of nitrogens with one attached hydrogen (secondary N) is 1. The molecule has 4 nitrogen and oxygen atoms in total. The quantitative estimate of drug-likeness (QED) is 0.842. The Kier molecular flexibility index (Phi) is 6.05. The van der Waals surface area contributed by atoms with E-state index in [0.29, 0.717) is 6.07 Å². The van der Waals surface area contributed by atoms with Crippen LogP contribution >= 0.6 is 0 Å². The number of rotatable bonds is 5. The number of alkyl halides is 3. The molecule has 0 saturated carbocycles. The first kappa shape index (κ1) is 18.4. The number of phenolic OH excluding ortho intramolecular Hbond substituents is 1. The minimum absolute atomic E-state index is 0.00575. The number of phenols is 1. The highest BCUT2D eigenvalue weighted by Gasteiger charge is 2.33. The van der Waals surface area contributed by atoms with E-state index >= 15 is 0 Å². The van der Waals surface area contributed by atoms with Crippen molar-refractivity contribution in [1.82, 2.24) is 5.32 Å². The standard InChI is InChI=1S/C18H16F3NO3/c19-18(20,21)16-11-15(23)9-8-14(16)7-4-10-22-17(24)25-12-13-5-2-1-3-6-13/h1-9,11,23H,10,12H2,(H,22,24). The van der Waals surface area contributed by atoms with E-state index in [-0.39, 0.29) is 18.7 Å². The van der Waals surface area contributed by atoms with E-state index in [4.69, 9.17) is 4.74 Å². The van der Waals surface area contributed by atoms with Crippen molar-refractivity contribution in [1.29, 1.82) is 0 Å². The highest BCUT2D eigenvalue weighted by molar-refractivity contribution is 5.67. The Morgan fingerprint density at radius 2 is 1.88 bits per heavy atom. The van der Waals surface area contributed by atoms with E-state index < -0.39 is 23.6 Å². The lowest BCUT2D eigenvalue weighted by Gasteiger charge is -2.10. The monoisotopic (exact) mass is 351 g/mol. The van der Waals surface area contributed by atoms with Crippen molar-refractivity contribution in [2.75, 3.05) is 6.54 Å². The molecule has 0 bridgehead atoms. The van der Waals surface area contributed by atoms with E-state index in [1.165, 1.54) is 12.2 Å². The van der Waals surface area contributed by atoms with Crippen LogP contribution in [0.5, 0.6) is 5.75 Å². The third kappa shape index (κ3) is 5.87. The molecule has 2 N–H and O–H groups in total. The van der Waals surface area contributed by atoms with Gasteiger partial charge in [-0.05, 0) is 23.3 Å². The summed E-state index contributed by atoms with van der Waals surface area (Å²) in [7, 11) is 0. The Balaban J connectivity index is 1.86. The van der Waals surface area contributed by atoms with Crippen molar-refractivity contribution in [2.24, 2.45) is 0 Å². The van der Waals surface area contributed by atoms with Crippen LogP contribution in [0.2, 0.25) is 0 Å². The average molecular weight is 351 g/mol. The molecule has 2 aromatic carbocycles. The maximum absolute atomic E-state index is 12.9. The van der Waals surface area contributed by atoms with Crippen molar-refractivity contribution in [3.8, 4) is 5.75 Å². The maximum Gasteiger partial charge on any atom is 0.417 e. The van der Waals surface area contributed by atoms with Crippen LogP contribution in [0.4, 0.5) is 18.0 Å². The zero-order valence-electron chi connectivity index (χ0n) is 13.1. The predicted molar refractivity (Wildman–Crippen MR) is 86.8 cm³/mol. The largest absolute Gasteiger partial charge is 0.508 e. The number of aromatic hydroxyl groups is 1. The minimum Gasteiger partial charge on any atom is -0.508 e. The predicted octanol–water partition coefficient (Wildman–Crippen LogP) is 4.35. The molecule has 0 spiro atoms. The van der Waals surface area contributed by atoms with Gasteiger partial charge in [-0.2, -0.15) is 13.2 Å². The van der Waals surface area contributed by atoms with E-state index in [1.807, 2.05) is 18.2 Å².